The van der Waals surface area contributed by atoms with Gasteiger partial charge in [0, 0.05) is 23.6 Å². The van der Waals surface area contributed by atoms with Crippen LogP contribution in [0, 0.1) is 0 Å². The summed E-state index contributed by atoms with van der Waals surface area (Å²) >= 11 is 6.18. The number of aromatic nitrogens is 1. The van der Waals surface area contributed by atoms with Gasteiger partial charge in [-0.15, -0.1) is 0 Å². The fourth-order valence-corrected chi connectivity index (χ4v) is 3.73. The van der Waals surface area contributed by atoms with E-state index in [1.165, 1.54) is 0 Å². The van der Waals surface area contributed by atoms with E-state index >= 15 is 0 Å². The molecule has 2 aromatic carbocycles. The predicted octanol–water partition coefficient (Wildman–Crippen LogP) is 4.58. The van der Waals surface area contributed by atoms with Crippen molar-refractivity contribution in [2.24, 2.45) is 0 Å². The molecule has 1 fully saturated rings. The maximum Gasteiger partial charge on any atom is 0.235 e. The van der Waals surface area contributed by atoms with E-state index in [0.717, 1.165) is 16.5 Å². The first-order chi connectivity index (χ1) is 12.7. The van der Waals surface area contributed by atoms with Gasteiger partial charge in [0.1, 0.15) is 0 Å². The molecule has 0 unspecified atom stereocenters. The van der Waals surface area contributed by atoms with Gasteiger partial charge in [-0.2, -0.15) is 0 Å². The minimum Gasteiger partial charge on any atom is -0.381 e. The molecule has 0 bridgehead atoms. The van der Waals surface area contributed by atoms with Crippen LogP contribution in [-0.2, 0) is 14.9 Å². The number of hydrogen-bond acceptors (Lipinski definition) is 3. The number of hydrogen-bond donors (Lipinski definition) is 1. The average molecular weight is 367 g/mol. The van der Waals surface area contributed by atoms with Gasteiger partial charge in [-0.3, -0.25) is 9.78 Å². The summed E-state index contributed by atoms with van der Waals surface area (Å²) in [6.45, 7) is 1.10. The van der Waals surface area contributed by atoms with Gasteiger partial charge < -0.3 is 10.1 Å². The number of nitrogens with one attached hydrogen (secondary N) is 1. The molecule has 0 aliphatic carbocycles. The number of amides is 1. The van der Waals surface area contributed by atoms with Crippen molar-refractivity contribution in [3.05, 3.63) is 71.4 Å². The highest BCUT2D eigenvalue weighted by Gasteiger charge is 2.41. The number of carbonyl (C=O) groups is 1. The summed E-state index contributed by atoms with van der Waals surface area (Å²) in [7, 11) is 0. The Balaban J connectivity index is 1.68. The van der Waals surface area contributed by atoms with Gasteiger partial charge in [-0.05, 0) is 42.7 Å². The van der Waals surface area contributed by atoms with Gasteiger partial charge in [0.2, 0.25) is 5.91 Å². The molecule has 5 heteroatoms. The third-order valence-electron chi connectivity index (χ3n) is 5.01. The molecule has 3 aromatic rings. The number of anilines is 1. The minimum absolute atomic E-state index is 0.0415. The van der Waals surface area contributed by atoms with E-state index in [1.807, 2.05) is 54.6 Å². The van der Waals surface area contributed by atoms with Crippen LogP contribution in [0.1, 0.15) is 18.4 Å². The Morgan fingerprint density at radius 2 is 1.88 bits per heavy atom. The summed E-state index contributed by atoms with van der Waals surface area (Å²) in [5.41, 5.74) is 1.89. The second-order valence-corrected chi connectivity index (χ2v) is 7.01. The SMILES string of the molecule is O=C(Nc1cnc2ccccc2c1)C1(c2cccc(Cl)c2)CCOCC1. The molecular formula is C21H19ClN2O2. The number of halogens is 1. The normalized spacial score (nSPS) is 16.3. The second kappa shape index (κ2) is 7.06. The lowest BCUT2D eigenvalue weighted by Gasteiger charge is -2.36. The fourth-order valence-electron chi connectivity index (χ4n) is 3.54. The van der Waals surface area contributed by atoms with Gasteiger partial charge in [-0.1, -0.05) is 41.9 Å². The van der Waals surface area contributed by atoms with Gasteiger partial charge in [0.05, 0.1) is 22.8 Å². The topological polar surface area (TPSA) is 51.2 Å². The third-order valence-corrected chi connectivity index (χ3v) is 5.24. The van der Waals surface area contributed by atoms with E-state index in [-0.39, 0.29) is 5.91 Å². The first-order valence-electron chi connectivity index (χ1n) is 8.67. The maximum atomic E-state index is 13.3. The molecule has 1 aliphatic rings. The van der Waals surface area contributed by atoms with Crippen molar-refractivity contribution in [3.8, 4) is 0 Å². The Labute approximate surface area is 157 Å². The quantitative estimate of drug-likeness (QED) is 0.738. The Morgan fingerprint density at radius 1 is 1.08 bits per heavy atom. The predicted molar refractivity (Wildman–Crippen MR) is 104 cm³/mol. The van der Waals surface area contributed by atoms with Crippen LogP contribution in [0.3, 0.4) is 0 Å². The molecule has 4 nitrogen and oxygen atoms in total. The van der Waals surface area contributed by atoms with Crippen LogP contribution < -0.4 is 5.32 Å². The number of fused-ring (bicyclic) bond motifs is 1. The van der Waals surface area contributed by atoms with E-state index in [0.29, 0.717) is 36.8 Å². The zero-order valence-corrected chi connectivity index (χ0v) is 15.0. The number of carbonyl (C=O) groups excluding carboxylic acids is 1. The zero-order valence-electron chi connectivity index (χ0n) is 14.2. The summed E-state index contributed by atoms with van der Waals surface area (Å²) in [6, 6.07) is 17.4. The number of nitrogens with zero attached hydrogens (tertiary/aromatic N) is 1. The first-order valence-corrected chi connectivity index (χ1v) is 9.05. The molecule has 0 spiro atoms. The van der Waals surface area contributed by atoms with Gasteiger partial charge in [-0.25, -0.2) is 0 Å². The Hall–Kier alpha value is -2.43. The van der Waals surface area contributed by atoms with Crippen LogP contribution in [0.25, 0.3) is 10.9 Å². The molecule has 1 aliphatic heterocycles. The Bertz CT molecular complexity index is 951. The van der Waals surface area contributed by atoms with Gasteiger partial charge >= 0.3 is 0 Å². The lowest BCUT2D eigenvalue weighted by molar-refractivity contribution is -0.125. The summed E-state index contributed by atoms with van der Waals surface area (Å²) in [6.07, 6.45) is 2.95. The van der Waals surface area contributed by atoms with E-state index < -0.39 is 5.41 Å². The monoisotopic (exact) mass is 366 g/mol. The number of ether oxygens (including phenoxy) is 1. The molecule has 1 aromatic heterocycles. The highest BCUT2D eigenvalue weighted by molar-refractivity contribution is 6.30. The van der Waals surface area contributed by atoms with Crippen molar-refractivity contribution in [2.75, 3.05) is 18.5 Å². The van der Waals surface area contributed by atoms with Crippen molar-refractivity contribution in [1.29, 1.82) is 0 Å². The molecule has 0 saturated carbocycles. The maximum absolute atomic E-state index is 13.3. The number of pyridine rings is 1. The first kappa shape index (κ1) is 17.0. The highest BCUT2D eigenvalue weighted by Crippen LogP contribution is 2.37. The number of para-hydroxylation sites is 1. The zero-order chi connectivity index (χ0) is 18.0. The van der Waals surface area contributed by atoms with Crippen LogP contribution in [0.4, 0.5) is 5.69 Å². The van der Waals surface area contributed by atoms with Crippen LogP contribution >= 0.6 is 11.6 Å². The lowest BCUT2D eigenvalue weighted by Crippen LogP contribution is -2.44. The summed E-state index contributed by atoms with van der Waals surface area (Å²) in [5.74, 6) is -0.0415. The summed E-state index contributed by atoms with van der Waals surface area (Å²) in [4.78, 5) is 17.7. The minimum atomic E-state index is -0.644. The second-order valence-electron chi connectivity index (χ2n) is 6.58. The van der Waals surface area contributed by atoms with E-state index in [2.05, 4.69) is 10.3 Å². The van der Waals surface area contributed by atoms with Crippen LogP contribution in [-0.4, -0.2) is 24.1 Å². The van der Waals surface area contributed by atoms with Crippen molar-refractivity contribution in [2.45, 2.75) is 18.3 Å². The molecule has 4 rings (SSSR count). The lowest BCUT2D eigenvalue weighted by atomic mass is 9.73. The van der Waals surface area contributed by atoms with E-state index in [1.54, 1.807) is 6.20 Å². The van der Waals surface area contributed by atoms with Crippen LogP contribution in [0.2, 0.25) is 5.02 Å². The molecule has 0 atom stereocenters. The molecule has 2 heterocycles. The van der Waals surface area contributed by atoms with Crippen molar-refractivity contribution in [3.63, 3.8) is 0 Å². The largest absolute Gasteiger partial charge is 0.381 e. The smallest absolute Gasteiger partial charge is 0.235 e. The van der Waals surface area contributed by atoms with Crippen molar-refractivity contribution in [1.82, 2.24) is 4.98 Å². The van der Waals surface area contributed by atoms with Crippen LogP contribution in [0.5, 0.6) is 0 Å². The van der Waals surface area contributed by atoms with Crippen LogP contribution in [0.15, 0.2) is 60.8 Å². The molecule has 26 heavy (non-hydrogen) atoms. The van der Waals surface area contributed by atoms with Crippen molar-refractivity contribution < 1.29 is 9.53 Å². The average Bonchev–Trinajstić information content (AvgIpc) is 2.68. The number of benzene rings is 2. The molecule has 132 valence electrons. The van der Waals surface area contributed by atoms with E-state index in [4.69, 9.17) is 16.3 Å². The molecule has 1 saturated heterocycles. The fraction of sp³-hybridized carbons (Fsp3) is 0.238. The van der Waals surface area contributed by atoms with Gasteiger partial charge in [0.15, 0.2) is 0 Å². The summed E-state index contributed by atoms with van der Waals surface area (Å²) in [5, 5.41) is 4.69. The Kier molecular flexibility index (Phi) is 4.62. The molecule has 1 amide bonds. The highest BCUT2D eigenvalue weighted by atomic mass is 35.5. The van der Waals surface area contributed by atoms with E-state index in [9.17, 15) is 4.79 Å². The molecule has 1 N–H and O–H groups in total. The molecule has 0 radical (unpaired) electrons. The van der Waals surface area contributed by atoms with Crippen molar-refractivity contribution >= 4 is 34.1 Å². The number of rotatable bonds is 3. The molecular weight excluding hydrogens is 348 g/mol. The standard InChI is InChI=1S/C21H19ClN2O2/c22-17-6-3-5-16(13-17)21(8-10-26-11-9-21)20(25)24-18-12-15-4-1-2-7-19(15)23-14-18/h1-7,12-14H,8-11H2,(H,24,25). The van der Waals surface area contributed by atoms with Gasteiger partial charge in [0.25, 0.3) is 0 Å². The third kappa shape index (κ3) is 3.18. The summed E-state index contributed by atoms with van der Waals surface area (Å²) < 4.78 is 5.51. The Morgan fingerprint density at radius 3 is 2.69 bits per heavy atom.